The molecule has 3 rings (SSSR count). The zero-order valence-electron chi connectivity index (χ0n) is 15.1. The Balaban J connectivity index is 1.84. The van der Waals surface area contributed by atoms with Crippen LogP contribution in [0.25, 0.3) is 11.3 Å². The van der Waals surface area contributed by atoms with E-state index in [0.29, 0.717) is 6.61 Å². The first-order valence-electron chi connectivity index (χ1n) is 8.94. The molecule has 6 heteroatoms. The summed E-state index contributed by atoms with van der Waals surface area (Å²) < 4.78 is 5.13. The minimum absolute atomic E-state index is 0.648. The maximum absolute atomic E-state index is 5.13. The average molecular weight is 341 g/mol. The van der Waals surface area contributed by atoms with Gasteiger partial charge in [-0.05, 0) is 6.54 Å². The van der Waals surface area contributed by atoms with Crippen molar-refractivity contribution >= 4 is 11.8 Å². The predicted molar refractivity (Wildman–Crippen MR) is 102 cm³/mol. The third-order valence-electron chi connectivity index (χ3n) is 4.50. The summed E-state index contributed by atoms with van der Waals surface area (Å²) in [5.74, 6) is 1.65. The van der Waals surface area contributed by atoms with Gasteiger partial charge in [0.25, 0.3) is 0 Å². The van der Waals surface area contributed by atoms with Crippen LogP contribution in [0.1, 0.15) is 6.92 Å². The molecule has 134 valence electrons. The molecule has 1 aliphatic heterocycles. The van der Waals surface area contributed by atoms with Gasteiger partial charge in [0.15, 0.2) is 0 Å². The Morgan fingerprint density at radius 1 is 1.08 bits per heavy atom. The molecule has 0 saturated carbocycles. The monoisotopic (exact) mass is 341 g/mol. The Hall–Kier alpha value is -2.18. The molecule has 6 nitrogen and oxygen atoms in total. The lowest BCUT2D eigenvalue weighted by molar-refractivity contribution is 0.210. The smallest absolute Gasteiger partial charge is 0.227 e. The topological polar surface area (TPSA) is 53.5 Å². The summed E-state index contributed by atoms with van der Waals surface area (Å²) in [5, 5.41) is 3.34. The van der Waals surface area contributed by atoms with E-state index in [9.17, 15) is 0 Å². The number of methoxy groups -OCH3 is 1. The fourth-order valence-electron chi connectivity index (χ4n) is 2.97. The van der Waals surface area contributed by atoms with Gasteiger partial charge in [0.2, 0.25) is 5.95 Å². The Morgan fingerprint density at radius 2 is 1.84 bits per heavy atom. The quantitative estimate of drug-likeness (QED) is 0.780. The number of piperazine rings is 1. The first-order valence-corrected chi connectivity index (χ1v) is 8.94. The predicted octanol–water partition coefficient (Wildman–Crippen LogP) is 2.34. The van der Waals surface area contributed by atoms with Crippen LogP contribution < -0.4 is 10.2 Å². The largest absolute Gasteiger partial charge is 0.383 e. The van der Waals surface area contributed by atoms with Gasteiger partial charge in [-0.25, -0.2) is 4.98 Å². The number of nitrogens with zero attached hydrogens (tertiary/aromatic N) is 4. The molecule has 2 heterocycles. The van der Waals surface area contributed by atoms with Crippen molar-refractivity contribution in [2.24, 2.45) is 0 Å². The van der Waals surface area contributed by atoms with Crippen molar-refractivity contribution in [3.05, 3.63) is 36.4 Å². The molecule has 0 amide bonds. The number of rotatable bonds is 7. The normalized spacial score (nSPS) is 15.4. The molecular weight excluding hydrogens is 314 g/mol. The standard InChI is InChI=1S/C19H27N5O/c1-3-23-10-12-24(13-11-23)19-21-17(16-7-5-4-6-8-16)15-18(22-19)20-9-14-25-2/h4-8,15H,3,9-14H2,1-2H3,(H,20,21,22). The van der Waals surface area contributed by atoms with Crippen LogP contribution in [-0.4, -0.2) is 67.9 Å². The summed E-state index contributed by atoms with van der Waals surface area (Å²) in [6.45, 7) is 8.72. The molecule has 2 aromatic rings. The van der Waals surface area contributed by atoms with Crippen molar-refractivity contribution in [1.82, 2.24) is 14.9 Å². The maximum atomic E-state index is 5.13. The van der Waals surface area contributed by atoms with E-state index in [0.717, 1.165) is 62.3 Å². The van der Waals surface area contributed by atoms with Crippen molar-refractivity contribution in [3.8, 4) is 11.3 Å². The van der Waals surface area contributed by atoms with Crippen molar-refractivity contribution in [1.29, 1.82) is 0 Å². The lowest BCUT2D eigenvalue weighted by atomic mass is 10.1. The van der Waals surface area contributed by atoms with E-state index >= 15 is 0 Å². The van der Waals surface area contributed by atoms with E-state index in [4.69, 9.17) is 14.7 Å². The lowest BCUT2D eigenvalue weighted by Crippen LogP contribution is -2.46. The molecule has 0 radical (unpaired) electrons. The van der Waals surface area contributed by atoms with E-state index in [1.165, 1.54) is 0 Å². The van der Waals surface area contributed by atoms with Crippen LogP contribution in [0.5, 0.6) is 0 Å². The van der Waals surface area contributed by atoms with Gasteiger partial charge in [-0.2, -0.15) is 4.98 Å². The molecule has 1 aromatic heterocycles. The van der Waals surface area contributed by atoms with E-state index in [1.807, 2.05) is 24.3 Å². The summed E-state index contributed by atoms with van der Waals surface area (Å²) in [6, 6.07) is 12.3. The zero-order valence-corrected chi connectivity index (χ0v) is 15.1. The number of hydrogen-bond acceptors (Lipinski definition) is 6. The van der Waals surface area contributed by atoms with Crippen LogP contribution in [0, 0.1) is 0 Å². The minimum atomic E-state index is 0.648. The minimum Gasteiger partial charge on any atom is -0.383 e. The van der Waals surface area contributed by atoms with Gasteiger partial charge in [-0.3, -0.25) is 0 Å². The molecule has 25 heavy (non-hydrogen) atoms. The van der Waals surface area contributed by atoms with Gasteiger partial charge in [0.1, 0.15) is 5.82 Å². The van der Waals surface area contributed by atoms with Crippen LogP contribution in [0.3, 0.4) is 0 Å². The Morgan fingerprint density at radius 3 is 2.52 bits per heavy atom. The van der Waals surface area contributed by atoms with Crippen LogP contribution >= 0.6 is 0 Å². The van der Waals surface area contributed by atoms with Crippen molar-refractivity contribution in [2.45, 2.75) is 6.92 Å². The summed E-state index contributed by atoms with van der Waals surface area (Å²) in [4.78, 5) is 14.3. The Kier molecular flexibility index (Phi) is 6.19. The highest BCUT2D eigenvalue weighted by Crippen LogP contribution is 2.23. The highest BCUT2D eigenvalue weighted by molar-refractivity contribution is 5.64. The summed E-state index contributed by atoms with van der Waals surface area (Å²) >= 11 is 0. The van der Waals surface area contributed by atoms with Crippen LogP contribution in [-0.2, 0) is 4.74 Å². The molecule has 1 N–H and O–H groups in total. The number of benzene rings is 1. The van der Waals surface area contributed by atoms with Crippen molar-refractivity contribution < 1.29 is 4.74 Å². The second kappa shape index (κ2) is 8.78. The van der Waals surface area contributed by atoms with Crippen LogP contribution in [0.2, 0.25) is 0 Å². The highest BCUT2D eigenvalue weighted by atomic mass is 16.5. The van der Waals surface area contributed by atoms with Gasteiger partial charge in [0.05, 0.1) is 12.3 Å². The molecule has 0 unspecified atom stereocenters. The highest BCUT2D eigenvalue weighted by Gasteiger charge is 2.19. The number of ether oxygens (including phenoxy) is 1. The lowest BCUT2D eigenvalue weighted by Gasteiger charge is -2.34. The fraction of sp³-hybridized carbons (Fsp3) is 0.474. The van der Waals surface area contributed by atoms with Gasteiger partial charge >= 0.3 is 0 Å². The molecule has 1 fully saturated rings. The second-order valence-corrected chi connectivity index (χ2v) is 6.15. The number of hydrogen-bond donors (Lipinski definition) is 1. The molecule has 1 saturated heterocycles. The molecule has 0 spiro atoms. The van der Waals surface area contributed by atoms with Gasteiger partial charge < -0.3 is 19.9 Å². The number of anilines is 2. The van der Waals surface area contributed by atoms with E-state index < -0.39 is 0 Å². The summed E-state index contributed by atoms with van der Waals surface area (Å²) in [6.07, 6.45) is 0. The van der Waals surface area contributed by atoms with E-state index in [1.54, 1.807) is 7.11 Å². The van der Waals surface area contributed by atoms with Crippen LogP contribution in [0.4, 0.5) is 11.8 Å². The summed E-state index contributed by atoms with van der Waals surface area (Å²) in [7, 11) is 1.70. The third kappa shape index (κ3) is 4.67. The van der Waals surface area contributed by atoms with Crippen molar-refractivity contribution in [2.75, 3.05) is 63.2 Å². The first kappa shape index (κ1) is 17.6. The van der Waals surface area contributed by atoms with Gasteiger partial charge in [-0.15, -0.1) is 0 Å². The van der Waals surface area contributed by atoms with Crippen LogP contribution in [0.15, 0.2) is 36.4 Å². The second-order valence-electron chi connectivity index (χ2n) is 6.15. The molecule has 0 atom stereocenters. The number of nitrogens with one attached hydrogen (secondary N) is 1. The Labute approximate surface area is 149 Å². The first-order chi connectivity index (χ1) is 12.3. The van der Waals surface area contributed by atoms with E-state index in [2.05, 4.69) is 34.2 Å². The molecule has 0 bridgehead atoms. The van der Waals surface area contributed by atoms with E-state index in [-0.39, 0.29) is 0 Å². The number of likely N-dealkylation sites (N-methyl/N-ethyl adjacent to an activating group) is 1. The summed E-state index contributed by atoms with van der Waals surface area (Å²) in [5.41, 5.74) is 2.05. The SMILES string of the molecule is CCN1CCN(c2nc(NCCOC)cc(-c3ccccc3)n2)CC1. The van der Waals surface area contributed by atoms with Gasteiger partial charge in [-0.1, -0.05) is 37.3 Å². The van der Waals surface area contributed by atoms with Gasteiger partial charge in [0, 0.05) is 51.5 Å². The number of aromatic nitrogens is 2. The fourth-order valence-corrected chi connectivity index (χ4v) is 2.97. The third-order valence-corrected chi connectivity index (χ3v) is 4.50. The zero-order chi connectivity index (χ0) is 17.5. The molecule has 1 aliphatic rings. The maximum Gasteiger partial charge on any atom is 0.227 e. The van der Waals surface area contributed by atoms with Crippen molar-refractivity contribution in [3.63, 3.8) is 0 Å². The molecular formula is C19H27N5O. The Bertz CT molecular complexity index is 656. The molecule has 0 aliphatic carbocycles. The average Bonchev–Trinajstić information content (AvgIpc) is 2.69. The molecule has 1 aromatic carbocycles.